The number of benzene rings is 2. The number of hydrogen-bond acceptors (Lipinski definition) is 5. The van der Waals surface area contributed by atoms with Crippen LogP contribution < -0.4 is 0 Å². The molecule has 0 aliphatic carbocycles. The normalized spacial score (nSPS) is 20.6. The third-order valence-corrected chi connectivity index (χ3v) is 4.91. The van der Waals surface area contributed by atoms with Gasteiger partial charge in [0.25, 0.3) is 15.7 Å². The van der Waals surface area contributed by atoms with Crippen molar-refractivity contribution in [1.29, 1.82) is 0 Å². The molecule has 1 saturated heterocycles. The van der Waals surface area contributed by atoms with Crippen molar-refractivity contribution >= 4 is 15.7 Å². The van der Waals surface area contributed by atoms with Gasteiger partial charge in [0.05, 0.1) is 9.82 Å². The average Bonchev–Trinajstić information content (AvgIpc) is 3.29. The second-order valence-corrected chi connectivity index (χ2v) is 6.66. The van der Waals surface area contributed by atoms with Crippen LogP contribution in [-0.4, -0.2) is 17.8 Å². The van der Waals surface area contributed by atoms with E-state index in [2.05, 4.69) is 0 Å². The summed E-state index contributed by atoms with van der Waals surface area (Å²) in [6, 6.07) is 12.0. The van der Waals surface area contributed by atoms with Crippen LogP contribution in [0.3, 0.4) is 0 Å². The Morgan fingerprint density at radius 2 is 1.68 bits per heavy atom. The number of nitrogens with zero attached hydrogens (tertiary/aromatic N) is 2. The Bertz CT molecular complexity index is 815. The zero-order chi connectivity index (χ0) is 15.9. The van der Waals surface area contributed by atoms with E-state index in [0.717, 1.165) is 10.0 Å². The molecule has 1 heterocycles. The molecule has 0 spiro atoms. The van der Waals surface area contributed by atoms with E-state index in [0.29, 0.717) is 5.56 Å². The summed E-state index contributed by atoms with van der Waals surface area (Å²) in [6.45, 7) is 1.87. The third kappa shape index (κ3) is 2.59. The van der Waals surface area contributed by atoms with Gasteiger partial charge in [-0.1, -0.05) is 17.7 Å². The number of aryl methyl sites for hydroxylation is 1. The lowest BCUT2D eigenvalue weighted by atomic mass is 10.2. The Kier molecular flexibility index (Phi) is 3.44. The van der Waals surface area contributed by atoms with Crippen molar-refractivity contribution in [2.45, 2.75) is 18.0 Å². The lowest BCUT2D eigenvalue weighted by molar-refractivity contribution is -0.384. The minimum atomic E-state index is -3.73. The Hall–Kier alpha value is -2.29. The predicted octanol–water partition coefficient (Wildman–Crippen LogP) is 2.54. The molecule has 1 aliphatic heterocycles. The largest absolute Gasteiger partial charge is 0.269 e. The monoisotopic (exact) mass is 320 g/mol. The number of sulfonamides is 1. The van der Waals surface area contributed by atoms with Gasteiger partial charge < -0.3 is 0 Å². The van der Waals surface area contributed by atoms with Crippen molar-refractivity contribution in [3.8, 4) is 0 Å². The highest BCUT2D eigenvalue weighted by Gasteiger charge is 2.48. The highest BCUT2D eigenvalue weighted by molar-refractivity contribution is 7.89. The number of hydrogen-bond donors (Lipinski definition) is 0. The van der Waals surface area contributed by atoms with Crippen LogP contribution in [0.1, 0.15) is 17.4 Å². The molecule has 2 aromatic carbocycles. The van der Waals surface area contributed by atoms with Crippen molar-refractivity contribution in [3.05, 3.63) is 69.8 Å². The van der Waals surface area contributed by atoms with E-state index in [4.69, 9.17) is 4.84 Å². The molecule has 0 saturated carbocycles. The third-order valence-electron chi connectivity index (χ3n) is 3.29. The molecule has 0 bridgehead atoms. The average molecular weight is 320 g/mol. The van der Waals surface area contributed by atoms with Crippen molar-refractivity contribution in [1.82, 2.24) is 4.47 Å². The van der Waals surface area contributed by atoms with E-state index in [9.17, 15) is 18.5 Å². The number of hydroxylamine groups is 1. The molecule has 2 aromatic rings. The molecule has 2 atom stereocenters. The van der Waals surface area contributed by atoms with E-state index in [-0.39, 0.29) is 10.6 Å². The molecule has 1 fully saturated rings. The van der Waals surface area contributed by atoms with Crippen LogP contribution in [0.5, 0.6) is 0 Å². The van der Waals surface area contributed by atoms with Gasteiger partial charge in [-0.05, 0) is 35.7 Å². The van der Waals surface area contributed by atoms with Crippen LogP contribution in [0, 0.1) is 17.0 Å². The fourth-order valence-corrected chi connectivity index (χ4v) is 3.27. The minimum Gasteiger partial charge on any atom is -0.258 e. The van der Waals surface area contributed by atoms with Crippen LogP contribution in [0.4, 0.5) is 5.69 Å². The Labute approximate surface area is 126 Å². The van der Waals surface area contributed by atoms with Crippen LogP contribution in [0.25, 0.3) is 0 Å². The minimum absolute atomic E-state index is 0.0580. The Balaban J connectivity index is 1.81. The highest BCUT2D eigenvalue weighted by Crippen LogP contribution is 2.42. The molecular weight excluding hydrogens is 308 g/mol. The molecule has 0 radical (unpaired) electrons. The van der Waals surface area contributed by atoms with E-state index in [1.165, 1.54) is 36.4 Å². The molecule has 0 aromatic heterocycles. The summed E-state index contributed by atoms with van der Waals surface area (Å²) < 4.78 is 25.6. The van der Waals surface area contributed by atoms with Crippen molar-refractivity contribution < 1.29 is 18.2 Å². The van der Waals surface area contributed by atoms with Crippen LogP contribution >= 0.6 is 0 Å². The Morgan fingerprint density at radius 3 is 2.23 bits per heavy atom. The molecule has 1 unspecified atom stereocenters. The van der Waals surface area contributed by atoms with Crippen molar-refractivity contribution in [3.63, 3.8) is 0 Å². The van der Waals surface area contributed by atoms with Crippen LogP contribution in [0.2, 0.25) is 0 Å². The SMILES string of the molecule is Cc1ccc(S(=O)(=O)N2O[C@H]2c2ccc([N+](=O)[O-])cc2)cc1. The number of nitro groups is 1. The summed E-state index contributed by atoms with van der Waals surface area (Å²) in [5.74, 6) is 0. The second-order valence-electron chi connectivity index (χ2n) is 4.88. The van der Waals surface area contributed by atoms with Gasteiger partial charge in [-0.15, -0.1) is 0 Å². The first-order valence-corrected chi connectivity index (χ1v) is 7.86. The first kappa shape index (κ1) is 14.6. The lowest BCUT2D eigenvalue weighted by Gasteiger charge is -2.03. The lowest BCUT2D eigenvalue weighted by Crippen LogP contribution is -2.12. The molecule has 7 nitrogen and oxygen atoms in total. The summed E-state index contributed by atoms with van der Waals surface area (Å²) in [5, 5.41) is 10.6. The fourth-order valence-electron chi connectivity index (χ4n) is 2.01. The van der Waals surface area contributed by atoms with Gasteiger partial charge in [0, 0.05) is 17.7 Å². The van der Waals surface area contributed by atoms with Gasteiger partial charge in [0.1, 0.15) is 0 Å². The standard InChI is InChI=1S/C14H12N2O5S/c1-10-2-8-13(9-3-10)22(19,20)16-14(21-16)11-4-6-12(7-5-11)15(17)18/h2-9,14H,1H3/t14-,16?/m0/s1. The highest BCUT2D eigenvalue weighted by atomic mass is 32.2. The molecule has 8 heteroatoms. The fraction of sp³-hybridized carbons (Fsp3) is 0.143. The van der Waals surface area contributed by atoms with Gasteiger partial charge in [0.2, 0.25) is 0 Å². The summed E-state index contributed by atoms with van der Waals surface area (Å²) in [7, 11) is -3.73. The van der Waals surface area contributed by atoms with E-state index < -0.39 is 21.2 Å². The van der Waals surface area contributed by atoms with Gasteiger partial charge in [-0.25, -0.2) is 8.42 Å². The number of nitro benzene ring substituents is 1. The summed E-state index contributed by atoms with van der Waals surface area (Å²) >= 11 is 0. The summed E-state index contributed by atoms with van der Waals surface area (Å²) in [5.41, 5.74) is 1.44. The maximum absolute atomic E-state index is 12.4. The first-order chi connectivity index (χ1) is 10.4. The molecule has 0 N–H and O–H groups in total. The smallest absolute Gasteiger partial charge is 0.258 e. The zero-order valence-electron chi connectivity index (χ0n) is 11.5. The first-order valence-electron chi connectivity index (χ1n) is 6.42. The molecule has 3 rings (SSSR count). The molecule has 1 aliphatic rings. The van der Waals surface area contributed by atoms with Crippen LogP contribution in [-0.2, 0) is 14.9 Å². The van der Waals surface area contributed by atoms with E-state index >= 15 is 0 Å². The van der Waals surface area contributed by atoms with Crippen LogP contribution in [0.15, 0.2) is 53.4 Å². The second kappa shape index (κ2) is 5.16. The molecular formula is C14H12N2O5S. The summed E-state index contributed by atoms with van der Waals surface area (Å²) in [4.78, 5) is 15.4. The van der Waals surface area contributed by atoms with Gasteiger partial charge >= 0.3 is 0 Å². The maximum Gasteiger partial charge on any atom is 0.269 e. The topological polar surface area (TPSA) is 92.8 Å². The van der Waals surface area contributed by atoms with Gasteiger partial charge in [-0.2, -0.15) is 0 Å². The maximum atomic E-state index is 12.4. The number of rotatable bonds is 4. The summed E-state index contributed by atoms with van der Waals surface area (Å²) in [6.07, 6.45) is -0.743. The molecule has 114 valence electrons. The van der Waals surface area contributed by atoms with Gasteiger partial charge in [0.15, 0.2) is 6.23 Å². The quantitative estimate of drug-likeness (QED) is 0.490. The van der Waals surface area contributed by atoms with Gasteiger partial charge in [-0.3, -0.25) is 15.0 Å². The zero-order valence-corrected chi connectivity index (χ0v) is 12.4. The van der Waals surface area contributed by atoms with Crippen molar-refractivity contribution in [2.24, 2.45) is 0 Å². The Morgan fingerprint density at radius 1 is 1.09 bits per heavy atom. The molecule has 22 heavy (non-hydrogen) atoms. The van der Waals surface area contributed by atoms with E-state index in [1.807, 2.05) is 6.92 Å². The predicted molar refractivity (Wildman–Crippen MR) is 77.1 cm³/mol. The molecule has 0 amide bonds. The van der Waals surface area contributed by atoms with E-state index in [1.54, 1.807) is 12.1 Å². The van der Waals surface area contributed by atoms with Crippen molar-refractivity contribution in [2.75, 3.05) is 0 Å². The number of non-ortho nitro benzene ring substituents is 1.